The summed E-state index contributed by atoms with van der Waals surface area (Å²) in [5, 5.41) is 12.4. The van der Waals surface area contributed by atoms with Gasteiger partial charge in [-0.1, -0.05) is 36.2 Å². The molecule has 0 aliphatic rings. The highest BCUT2D eigenvalue weighted by atomic mass is 35.5. The number of carbonyl (C=O) groups excluding carboxylic acids is 1. The van der Waals surface area contributed by atoms with Gasteiger partial charge in [0.2, 0.25) is 5.91 Å². The Morgan fingerprint density at radius 2 is 2.00 bits per heavy atom. The maximum absolute atomic E-state index is 13.1. The number of aromatic nitrogens is 4. The van der Waals surface area contributed by atoms with Crippen LogP contribution in [0.1, 0.15) is 23.9 Å². The first-order chi connectivity index (χ1) is 13.2. The van der Waals surface area contributed by atoms with E-state index in [9.17, 15) is 9.18 Å². The van der Waals surface area contributed by atoms with Crippen molar-refractivity contribution in [2.24, 2.45) is 5.92 Å². The van der Waals surface area contributed by atoms with Gasteiger partial charge in [0, 0.05) is 17.3 Å². The lowest BCUT2D eigenvalue weighted by molar-refractivity contribution is -0.119. The second kappa shape index (κ2) is 8.32. The van der Waals surface area contributed by atoms with E-state index in [-0.39, 0.29) is 17.6 Å². The molecule has 2 heterocycles. The number of halogens is 3. The van der Waals surface area contributed by atoms with Gasteiger partial charge in [0.15, 0.2) is 5.82 Å². The molecule has 0 fully saturated rings. The molecular weight excluding hydrogens is 404 g/mol. The number of amides is 1. The Labute approximate surface area is 172 Å². The minimum absolute atomic E-state index is 0.172. The lowest BCUT2D eigenvalue weighted by atomic mass is 10.1. The predicted molar refractivity (Wildman–Crippen MR) is 107 cm³/mol. The van der Waals surface area contributed by atoms with Gasteiger partial charge in [-0.25, -0.2) is 4.39 Å². The summed E-state index contributed by atoms with van der Waals surface area (Å²) >= 11 is 12.2. The van der Waals surface area contributed by atoms with Gasteiger partial charge in [0.05, 0.1) is 35.4 Å². The van der Waals surface area contributed by atoms with E-state index in [0.29, 0.717) is 29.0 Å². The molecule has 1 amide bonds. The molecule has 0 saturated carbocycles. The van der Waals surface area contributed by atoms with Crippen LogP contribution in [0.2, 0.25) is 10.0 Å². The summed E-state index contributed by atoms with van der Waals surface area (Å²) in [6, 6.07) is 5.91. The van der Waals surface area contributed by atoms with Crippen LogP contribution in [0, 0.1) is 25.6 Å². The van der Waals surface area contributed by atoms with Gasteiger partial charge in [-0.15, -0.1) is 0 Å². The number of anilines is 1. The minimum atomic E-state index is -0.389. The van der Waals surface area contributed by atoms with Gasteiger partial charge in [-0.05, 0) is 31.5 Å². The summed E-state index contributed by atoms with van der Waals surface area (Å²) in [6.45, 7) is 6.30. The number of benzene rings is 1. The highest BCUT2D eigenvalue weighted by Crippen LogP contribution is 2.21. The zero-order chi connectivity index (χ0) is 20.4. The molecule has 9 heteroatoms. The van der Waals surface area contributed by atoms with Crippen molar-refractivity contribution in [1.29, 1.82) is 0 Å². The zero-order valence-corrected chi connectivity index (χ0v) is 17.2. The first kappa shape index (κ1) is 20.4. The van der Waals surface area contributed by atoms with Crippen molar-refractivity contribution in [2.75, 3.05) is 5.32 Å². The summed E-state index contributed by atoms with van der Waals surface area (Å²) < 4.78 is 16.5. The third-order valence-corrected chi connectivity index (χ3v) is 5.33. The minimum Gasteiger partial charge on any atom is -0.309 e. The highest BCUT2D eigenvalue weighted by Gasteiger charge is 2.18. The van der Waals surface area contributed by atoms with Crippen LogP contribution in [0.15, 0.2) is 30.5 Å². The molecule has 0 spiro atoms. The van der Waals surface area contributed by atoms with E-state index in [0.717, 1.165) is 17.0 Å². The second-order valence-corrected chi connectivity index (χ2v) is 7.48. The zero-order valence-electron chi connectivity index (χ0n) is 15.7. The Balaban J connectivity index is 1.62. The summed E-state index contributed by atoms with van der Waals surface area (Å²) in [6.07, 6.45) is 1.72. The van der Waals surface area contributed by atoms with Gasteiger partial charge in [0.25, 0.3) is 0 Å². The van der Waals surface area contributed by atoms with E-state index >= 15 is 0 Å². The molecule has 0 saturated heterocycles. The maximum atomic E-state index is 13.1. The van der Waals surface area contributed by atoms with E-state index in [2.05, 4.69) is 15.5 Å². The average molecular weight is 424 g/mol. The SMILES string of the molecule is Cc1nn(CC(C)C(=O)Nc2ccn(Cc3ccc(F)cc3Cl)n2)c(C)c1Cl. The molecule has 1 N–H and O–H groups in total. The van der Waals surface area contributed by atoms with Gasteiger partial charge in [-0.3, -0.25) is 14.2 Å². The Hall–Kier alpha value is -2.38. The molecule has 6 nitrogen and oxygen atoms in total. The van der Waals surface area contributed by atoms with Crippen molar-refractivity contribution in [3.05, 3.63) is 63.3 Å². The fraction of sp³-hybridized carbons (Fsp3) is 0.316. The molecule has 1 atom stereocenters. The van der Waals surface area contributed by atoms with Crippen molar-refractivity contribution in [3.63, 3.8) is 0 Å². The largest absolute Gasteiger partial charge is 0.309 e. The van der Waals surface area contributed by atoms with E-state index < -0.39 is 0 Å². The first-order valence-electron chi connectivity index (χ1n) is 8.72. The lowest BCUT2D eigenvalue weighted by Crippen LogP contribution is -2.25. The molecule has 0 bridgehead atoms. The second-order valence-electron chi connectivity index (χ2n) is 6.69. The van der Waals surface area contributed by atoms with Crippen molar-refractivity contribution in [3.8, 4) is 0 Å². The highest BCUT2D eigenvalue weighted by molar-refractivity contribution is 6.32. The van der Waals surface area contributed by atoms with Gasteiger partial charge < -0.3 is 5.32 Å². The van der Waals surface area contributed by atoms with E-state index in [1.54, 1.807) is 27.7 Å². The Morgan fingerprint density at radius 1 is 1.25 bits per heavy atom. The van der Waals surface area contributed by atoms with Crippen molar-refractivity contribution in [1.82, 2.24) is 19.6 Å². The van der Waals surface area contributed by atoms with Crippen molar-refractivity contribution < 1.29 is 9.18 Å². The van der Waals surface area contributed by atoms with Crippen LogP contribution in [0.4, 0.5) is 10.2 Å². The summed E-state index contributed by atoms with van der Waals surface area (Å²) in [5.41, 5.74) is 2.31. The van der Waals surface area contributed by atoms with Crippen LogP contribution in [-0.4, -0.2) is 25.5 Å². The number of carbonyl (C=O) groups is 1. The number of nitrogens with one attached hydrogen (secondary N) is 1. The molecule has 0 radical (unpaired) electrons. The Morgan fingerprint density at radius 3 is 2.64 bits per heavy atom. The van der Waals surface area contributed by atoms with E-state index in [4.69, 9.17) is 23.2 Å². The topological polar surface area (TPSA) is 64.7 Å². The monoisotopic (exact) mass is 423 g/mol. The number of hydrogen-bond donors (Lipinski definition) is 1. The first-order valence-corrected chi connectivity index (χ1v) is 9.48. The third kappa shape index (κ3) is 4.54. The van der Waals surface area contributed by atoms with Crippen LogP contribution in [0.25, 0.3) is 0 Å². The van der Waals surface area contributed by atoms with Crippen LogP contribution in [-0.2, 0) is 17.9 Å². The van der Waals surface area contributed by atoms with Crippen LogP contribution in [0.3, 0.4) is 0 Å². The number of nitrogens with zero attached hydrogens (tertiary/aromatic N) is 4. The Kier molecular flexibility index (Phi) is 6.05. The van der Waals surface area contributed by atoms with E-state index in [1.807, 2.05) is 20.8 Å². The third-order valence-electron chi connectivity index (χ3n) is 4.43. The molecule has 28 heavy (non-hydrogen) atoms. The van der Waals surface area contributed by atoms with Crippen molar-refractivity contribution >= 4 is 34.9 Å². The summed E-state index contributed by atoms with van der Waals surface area (Å²) in [4.78, 5) is 12.5. The van der Waals surface area contributed by atoms with Gasteiger partial charge in [-0.2, -0.15) is 10.2 Å². The summed E-state index contributed by atoms with van der Waals surface area (Å²) in [7, 11) is 0. The van der Waals surface area contributed by atoms with Crippen molar-refractivity contribution in [2.45, 2.75) is 33.9 Å². The number of rotatable bonds is 6. The number of hydrogen-bond acceptors (Lipinski definition) is 3. The molecule has 3 aromatic rings. The quantitative estimate of drug-likeness (QED) is 0.635. The molecule has 0 aliphatic carbocycles. The predicted octanol–water partition coefficient (Wildman–Crippen LogP) is 4.47. The Bertz CT molecular complexity index is 1010. The fourth-order valence-electron chi connectivity index (χ4n) is 2.79. The van der Waals surface area contributed by atoms with E-state index in [1.165, 1.54) is 12.1 Å². The molecule has 0 aliphatic heterocycles. The molecule has 148 valence electrons. The smallest absolute Gasteiger partial charge is 0.230 e. The summed E-state index contributed by atoms with van der Waals surface area (Å²) in [5.74, 6) is -0.457. The van der Waals surface area contributed by atoms with Crippen LogP contribution < -0.4 is 5.32 Å². The fourth-order valence-corrected chi connectivity index (χ4v) is 3.15. The normalized spacial score (nSPS) is 12.2. The van der Waals surface area contributed by atoms with Gasteiger partial charge >= 0.3 is 0 Å². The van der Waals surface area contributed by atoms with Gasteiger partial charge in [0.1, 0.15) is 5.82 Å². The number of aryl methyl sites for hydroxylation is 1. The lowest BCUT2D eigenvalue weighted by Gasteiger charge is -2.12. The standard InChI is InChI=1S/C19H20Cl2FN5O/c1-11(9-27-13(3)18(21)12(2)24-27)19(28)23-17-6-7-26(25-17)10-14-4-5-15(22)8-16(14)20/h4-8,11H,9-10H2,1-3H3,(H,23,25,28). The van der Waals surface area contributed by atoms with Crippen LogP contribution in [0.5, 0.6) is 0 Å². The van der Waals surface area contributed by atoms with Crippen LogP contribution >= 0.6 is 23.2 Å². The molecule has 1 unspecified atom stereocenters. The average Bonchev–Trinajstić information content (AvgIpc) is 3.17. The molecule has 2 aromatic heterocycles. The molecular formula is C19H20Cl2FN5O. The molecule has 3 rings (SSSR count). The molecule has 1 aromatic carbocycles. The maximum Gasteiger partial charge on any atom is 0.230 e.